The van der Waals surface area contributed by atoms with Gasteiger partial charge in [-0.3, -0.25) is 4.79 Å². The maximum absolute atomic E-state index is 13.0. The molecule has 1 atom stereocenters. The Morgan fingerprint density at radius 1 is 0.962 bits per heavy atom. The summed E-state index contributed by atoms with van der Waals surface area (Å²) in [7, 11) is 0. The number of nitrogens with two attached hydrogens (primary N) is 1. The topological polar surface area (TPSA) is 55.1 Å². The molecule has 3 aromatic rings. The number of nitrogen functional groups attached to an aromatic ring is 1. The van der Waals surface area contributed by atoms with E-state index < -0.39 is 5.25 Å². The molecule has 3 N–H and O–H groups in total. The molecular weight excluding hydrogens is 387 g/mol. The maximum atomic E-state index is 13.0. The highest BCUT2D eigenvalue weighted by molar-refractivity contribution is 8.00. The normalized spacial score (nSPS) is 11.8. The van der Waals surface area contributed by atoms with Crippen LogP contribution in [-0.4, -0.2) is 5.91 Å². The number of halogens is 2. The Morgan fingerprint density at radius 3 is 2.35 bits per heavy atom. The number of benzene rings is 3. The molecule has 0 fully saturated rings. The first-order valence-corrected chi connectivity index (χ1v) is 9.49. The van der Waals surface area contributed by atoms with Crippen LogP contribution < -0.4 is 11.1 Å². The van der Waals surface area contributed by atoms with Gasteiger partial charge in [0.2, 0.25) is 5.91 Å². The van der Waals surface area contributed by atoms with E-state index in [1.807, 2.05) is 54.6 Å². The molecule has 3 nitrogen and oxygen atoms in total. The number of hydrogen-bond donors (Lipinski definition) is 2. The molecule has 132 valence electrons. The molecule has 0 aliphatic rings. The molecule has 26 heavy (non-hydrogen) atoms. The Hall–Kier alpha value is -2.14. The molecule has 0 aliphatic carbocycles. The van der Waals surface area contributed by atoms with Crippen LogP contribution in [0.5, 0.6) is 0 Å². The third-order valence-corrected chi connectivity index (χ3v) is 5.49. The van der Waals surface area contributed by atoms with Crippen LogP contribution in [-0.2, 0) is 4.79 Å². The standard InChI is InChI=1S/C20H16Cl2N2OS/c21-14-6-11-17(22)18(12-14)24-20(25)19(13-4-2-1-3-5-13)26-16-9-7-15(23)8-10-16/h1-12,19H,23H2,(H,24,25). The highest BCUT2D eigenvalue weighted by Gasteiger charge is 2.23. The van der Waals surface area contributed by atoms with Gasteiger partial charge in [-0.05, 0) is 48.0 Å². The van der Waals surface area contributed by atoms with E-state index in [9.17, 15) is 4.79 Å². The Labute approximate surface area is 166 Å². The quantitative estimate of drug-likeness (QED) is 0.403. The van der Waals surface area contributed by atoms with Crippen molar-refractivity contribution >= 4 is 52.2 Å². The molecular formula is C20H16Cl2N2OS. The maximum Gasteiger partial charge on any atom is 0.242 e. The molecule has 0 bridgehead atoms. The van der Waals surface area contributed by atoms with Crippen molar-refractivity contribution in [2.24, 2.45) is 0 Å². The summed E-state index contributed by atoms with van der Waals surface area (Å²) >= 11 is 13.6. The summed E-state index contributed by atoms with van der Waals surface area (Å²) in [6, 6.07) is 22.0. The van der Waals surface area contributed by atoms with Crippen LogP contribution in [0, 0.1) is 0 Å². The van der Waals surface area contributed by atoms with E-state index in [4.69, 9.17) is 28.9 Å². The van der Waals surface area contributed by atoms with Crippen molar-refractivity contribution in [3.8, 4) is 0 Å². The number of thioether (sulfide) groups is 1. The van der Waals surface area contributed by atoms with Gasteiger partial charge in [-0.25, -0.2) is 0 Å². The zero-order chi connectivity index (χ0) is 18.5. The number of rotatable bonds is 5. The fourth-order valence-electron chi connectivity index (χ4n) is 2.37. The number of nitrogens with one attached hydrogen (secondary N) is 1. The Bertz CT molecular complexity index is 901. The van der Waals surface area contributed by atoms with Crippen molar-refractivity contribution in [2.45, 2.75) is 10.1 Å². The van der Waals surface area contributed by atoms with Crippen molar-refractivity contribution < 1.29 is 4.79 Å². The second kappa shape index (κ2) is 8.49. The van der Waals surface area contributed by atoms with E-state index in [1.165, 1.54) is 11.8 Å². The molecule has 0 saturated carbocycles. The second-order valence-corrected chi connectivity index (χ2v) is 7.61. The Morgan fingerprint density at radius 2 is 1.65 bits per heavy atom. The van der Waals surface area contributed by atoms with E-state index in [2.05, 4.69) is 5.32 Å². The first-order chi connectivity index (χ1) is 12.5. The Kier molecular flexibility index (Phi) is 6.09. The monoisotopic (exact) mass is 402 g/mol. The van der Waals surface area contributed by atoms with Gasteiger partial charge >= 0.3 is 0 Å². The number of carbonyl (C=O) groups excluding carboxylic acids is 1. The van der Waals surface area contributed by atoms with Crippen LogP contribution in [0.25, 0.3) is 0 Å². The fourth-order valence-corrected chi connectivity index (χ4v) is 3.74. The molecule has 0 aromatic heterocycles. The average Bonchev–Trinajstić information content (AvgIpc) is 2.65. The van der Waals surface area contributed by atoms with E-state index in [0.717, 1.165) is 10.5 Å². The zero-order valence-corrected chi connectivity index (χ0v) is 16.0. The molecule has 0 saturated heterocycles. The number of amides is 1. The van der Waals surface area contributed by atoms with E-state index in [0.29, 0.717) is 21.4 Å². The van der Waals surface area contributed by atoms with Gasteiger partial charge < -0.3 is 11.1 Å². The molecule has 1 amide bonds. The lowest BCUT2D eigenvalue weighted by molar-refractivity contribution is -0.115. The minimum atomic E-state index is -0.449. The minimum Gasteiger partial charge on any atom is -0.399 e. The van der Waals surface area contributed by atoms with Crippen LogP contribution in [0.15, 0.2) is 77.7 Å². The third kappa shape index (κ3) is 4.73. The second-order valence-electron chi connectivity index (χ2n) is 5.59. The van der Waals surface area contributed by atoms with Gasteiger partial charge in [0.25, 0.3) is 0 Å². The minimum absolute atomic E-state index is 0.179. The van der Waals surface area contributed by atoms with Crippen molar-refractivity contribution in [2.75, 3.05) is 11.1 Å². The summed E-state index contributed by atoms with van der Waals surface area (Å²) in [6.45, 7) is 0. The van der Waals surface area contributed by atoms with Gasteiger partial charge in [0.15, 0.2) is 0 Å². The van der Waals surface area contributed by atoms with Gasteiger partial charge in [0, 0.05) is 15.6 Å². The fraction of sp³-hybridized carbons (Fsp3) is 0.0500. The van der Waals surface area contributed by atoms with Crippen LogP contribution >= 0.6 is 35.0 Å². The van der Waals surface area contributed by atoms with Crippen molar-refractivity contribution in [3.63, 3.8) is 0 Å². The van der Waals surface area contributed by atoms with E-state index in [-0.39, 0.29) is 5.91 Å². The zero-order valence-electron chi connectivity index (χ0n) is 13.7. The van der Waals surface area contributed by atoms with E-state index >= 15 is 0 Å². The third-order valence-electron chi connectivity index (χ3n) is 3.66. The molecule has 0 spiro atoms. The number of anilines is 2. The molecule has 0 aliphatic heterocycles. The lowest BCUT2D eigenvalue weighted by atomic mass is 10.1. The number of hydrogen-bond acceptors (Lipinski definition) is 3. The lowest BCUT2D eigenvalue weighted by Gasteiger charge is -2.18. The van der Waals surface area contributed by atoms with Crippen LogP contribution in [0.4, 0.5) is 11.4 Å². The van der Waals surface area contributed by atoms with Crippen LogP contribution in [0.1, 0.15) is 10.8 Å². The predicted octanol–water partition coefficient (Wildman–Crippen LogP) is 6.05. The van der Waals surface area contributed by atoms with Crippen LogP contribution in [0.2, 0.25) is 10.0 Å². The summed E-state index contributed by atoms with van der Waals surface area (Å²) in [6.07, 6.45) is 0. The van der Waals surface area contributed by atoms with Gasteiger partial charge in [0.1, 0.15) is 5.25 Å². The average molecular weight is 403 g/mol. The molecule has 3 rings (SSSR count). The van der Waals surface area contributed by atoms with Crippen molar-refractivity contribution in [1.82, 2.24) is 0 Å². The molecule has 3 aromatic carbocycles. The molecule has 1 unspecified atom stereocenters. The van der Waals surface area contributed by atoms with Gasteiger partial charge in [0.05, 0.1) is 10.7 Å². The summed E-state index contributed by atoms with van der Waals surface area (Å²) in [5, 5.41) is 3.37. The lowest BCUT2D eigenvalue weighted by Crippen LogP contribution is -2.19. The molecule has 0 heterocycles. The first kappa shape index (κ1) is 18.6. The van der Waals surface area contributed by atoms with Crippen LogP contribution in [0.3, 0.4) is 0 Å². The summed E-state index contributed by atoms with van der Waals surface area (Å²) in [5.74, 6) is -0.179. The van der Waals surface area contributed by atoms with Gasteiger partial charge in [-0.2, -0.15) is 0 Å². The first-order valence-electron chi connectivity index (χ1n) is 7.86. The summed E-state index contributed by atoms with van der Waals surface area (Å²) in [4.78, 5) is 13.9. The number of carbonyl (C=O) groups is 1. The predicted molar refractivity (Wildman–Crippen MR) is 111 cm³/mol. The Balaban J connectivity index is 1.88. The van der Waals surface area contributed by atoms with Crippen molar-refractivity contribution in [1.29, 1.82) is 0 Å². The van der Waals surface area contributed by atoms with Crippen molar-refractivity contribution in [3.05, 3.63) is 88.4 Å². The van der Waals surface area contributed by atoms with E-state index in [1.54, 1.807) is 18.2 Å². The SMILES string of the molecule is Nc1ccc(SC(C(=O)Nc2cc(Cl)ccc2Cl)c2ccccc2)cc1. The highest BCUT2D eigenvalue weighted by atomic mass is 35.5. The highest BCUT2D eigenvalue weighted by Crippen LogP contribution is 2.37. The molecule has 0 radical (unpaired) electrons. The summed E-state index contributed by atoms with van der Waals surface area (Å²) < 4.78 is 0. The smallest absolute Gasteiger partial charge is 0.242 e. The summed E-state index contributed by atoms with van der Waals surface area (Å²) in [5.41, 5.74) is 7.81. The van der Waals surface area contributed by atoms with Gasteiger partial charge in [-0.15, -0.1) is 11.8 Å². The molecule has 6 heteroatoms. The largest absolute Gasteiger partial charge is 0.399 e. The van der Waals surface area contributed by atoms with Gasteiger partial charge in [-0.1, -0.05) is 53.5 Å².